The lowest BCUT2D eigenvalue weighted by molar-refractivity contribution is 0.0888. The minimum absolute atomic E-state index is 0.0599. The van der Waals surface area contributed by atoms with Crippen LogP contribution in [0.5, 0.6) is 0 Å². The highest BCUT2D eigenvalue weighted by Gasteiger charge is 2.28. The number of tetrazole rings is 1. The molecule has 5 rings (SSSR count). The molecular formula is C28H34N6O2. The number of benzene rings is 2. The molecule has 1 N–H and O–H groups in total. The number of nitrogens with zero attached hydrogens (tertiary/aromatic N) is 5. The van der Waals surface area contributed by atoms with Crippen LogP contribution in [0.25, 0.3) is 10.9 Å². The van der Waals surface area contributed by atoms with Gasteiger partial charge >= 0.3 is 0 Å². The van der Waals surface area contributed by atoms with Gasteiger partial charge in [-0.15, -0.1) is 5.10 Å². The van der Waals surface area contributed by atoms with Gasteiger partial charge in [-0.3, -0.25) is 9.69 Å². The zero-order valence-electron chi connectivity index (χ0n) is 21.3. The van der Waals surface area contributed by atoms with Gasteiger partial charge in [-0.1, -0.05) is 48.4 Å². The number of rotatable bonds is 9. The molecule has 0 saturated carbocycles. The van der Waals surface area contributed by atoms with E-state index < -0.39 is 0 Å². The van der Waals surface area contributed by atoms with Gasteiger partial charge in [0.2, 0.25) is 0 Å². The molecule has 188 valence electrons. The molecule has 2 aromatic carbocycles. The summed E-state index contributed by atoms with van der Waals surface area (Å²) in [6, 6.07) is 16.6. The van der Waals surface area contributed by atoms with E-state index in [4.69, 9.17) is 4.74 Å². The molecule has 36 heavy (non-hydrogen) atoms. The van der Waals surface area contributed by atoms with Gasteiger partial charge in [-0.25, -0.2) is 4.68 Å². The van der Waals surface area contributed by atoms with Crippen molar-refractivity contribution in [2.75, 3.05) is 6.61 Å². The lowest BCUT2D eigenvalue weighted by Gasteiger charge is -2.30. The second-order valence-corrected chi connectivity index (χ2v) is 9.88. The standard InChI is InChI=1S/C28H34N6O2/c1-4-26(27-30-31-32-34(27)18-24-6-5-13-36-24)33(16-21-10-7-19(2)8-11-21)17-23-15-22-14-20(3)9-12-25(22)29-28(23)35/h7-12,14-15,24,26H,4-6,13,16-18H2,1-3H3,(H,29,35)/t24-,26-/m0/s1. The Labute approximate surface area is 211 Å². The summed E-state index contributed by atoms with van der Waals surface area (Å²) in [5.74, 6) is 0.813. The van der Waals surface area contributed by atoms with Gasteiger partial charge in [0.15, 0.2) is 5.82 Å². The highest BCUT2D eigenvalue weighted by molar-refractivity contribution is 5.79. The molecule has 1 fully saturated rings. The van der Waals surface area contributed by atoms with Crippen LogP contribution in [0.15, 0.2) is 53.3 Å². The molecule has 1 aliphatic rings. The average Bonchev–Trinajstić information content (AvgIpc) is 3.55. The first-order valence-corrected chi connectivity index (χ1v) is 12.8. The van der Waals surface area contributed by atoms with Crippen LogP contribution in [0.1, 0.15) is 60.3 Å². The maximum absolute atomic E-state index is 13.1. The van der Waals surface area contributed by atoms with Crippen molar-refractivity contribution >= 4 is 10.9 Å². The molecule has 0 aliphatic carbocycles. The lowest BCUT2D eigenvalue weighted by atomic mass is 10.1. The third-order valence-electron chi connectivity index (χ3n) is 7.04. The number of H-pyrrole nitrogens is 1. The van der Waals surface area contributed by atoms with Crippen molar-refractivity contribution in [3.63, 3.8) is 0 Å². The predicted octanol–water partition coefficient (Wildman–Crippen LogP) is 4.46. The number of aryl methyl sites for hydroxylation is 2. The van der Waals surface area contributed by atoms with E-state index in [1.807, 2.05) is 22.9 Å². The number of hydrogen-bond acceptors (Lipinski definition) is 6. The number of hydrogen-bond donors (Lipinski definition) is 1. The van der Waals surface area contributed by atoms with Crippen LogP contribution < -0.4 is 5.56 Å². The van der Waals surface area contributed by atoms with E-state index in [0.717, 1.165) is 53.7 Å². The summed E-state index contributed by atoms with van der Waals surface area (Å²) in [4.78, 5) is 18.5. The fraction of sp³-hybridized carbons (Fsp3) is 0.429. The van der Waals surface area contributed by atoms with Gasteiger partial charge in [0.05, 0.1) is 18.7 Å². The SMILES string of the molecule is CC[C@@H](c1nnnn1C[C@@H]1CCCO1)N(Cc1ccc(C)cc1)Cc1cc2cc(C)ccc2[nH]c1=O. The summed E-state index contributed by atoms with van der Waals surface area (Å²) < 4.78 is 7.74. The molecule has 0 unspecified atom stereocenters. The minimum atomic E-state index is -0.0611. The number of aromatic amines is 1. The first-order chi connectivity index (χ1) is 17.5. The number of fused-ring (bicyclic) bond motifs is 1. The molecule has 4 aromatic rings. The summed E-state index contributed by atoms with van der Waals surface area (Å²) in [6.45, 7) is 8.90. The molecule has 1 saturated heterocycles. The van der Waals surface area contributed by atoms with Gasteiger partial charge in [0.1, 0.15) is 0 Å². The van der Waals surface area contributed by atoms with E-state index in [0.29, 0.717) is 19.6 Å². The highest BCUT2D eigenvalue weighted by Crippen LogP contribution is 2.27. The van der Waals surface area contributed by atoms with Crippen molar-refractivity contribution in [1.29, 1.82) is 0 Å². The van der Waals surface area contributed by atoms with Gasteiger partial charge in [0.25, 0.3) is 5.56 Å². The predicted molar refractivity (Wildman–Crippen MR) is 140 cm³/mol. The van der Waals surface area contributed by atoms with Crippen LogP contribution in [-0.4, -0.2) is 42.8 Å². The Bertz CT molecular complexity index is 1370. The Hall–Kier alpha value is -3.36. The van der Waals surface area contributed by atoms with Crippen LogP contribution in [0, 0.1) is 13.8 Å². The molecule has 0 bridgehead atoms. The number of pyridine rings is 1. The fourth-order valence-corrected chi connectivity index (χ4v) is 5.08. The molecule has 2 atom stereocenters. The highest BCUT2D eigenvalue weighted by atomic mass is 16.5. The van der Waals surface area contributed by atoms with E-state index in [9.17, 15) is 4.79 Å². The first-order valence-electron chi connectivity index (χ1n) is 12.8. The Kier molecular flexibility index (Phi) is 7.25. The molecule has 0 spiro atoms. The maximum Gasteiger partial charge on any atom is 0.252 e. The lowest BCUT2D eigenvalue weighted by Crippen LogP contribution is -2.33. The van der Waals surface area contributed by atoms with E-state index in [1.54, 1.807) is 0 Å². The topological polar surface area (TPSA) is 88.9 Å². The average molecular weight is 487 g/mol. The molecule has 8 heteroatoms. The van der Waals surface area contributed by atoms with E-state index in [-0.39, 0.29) is 17.7 Å². The molecule has 0 amide bonds. The summed E-state index contributed by atoms with van der Waals surface area (Å²) in [7, 11) is 0. The molecule has 3 heterocycles. The summed E-state index contributed by atoms with van der Waals surface area (Å²) in [6.07, 6.45) is 3.04. The quantitative estimate of drug-likeness (QED) is 0.376. The largest absolute Gasteiger partial charge is 0.376 e. The third kappa shape index (κ3) is 5.39. The van der Waals surface area contributed by atoms with Crippen LogP contribution in [-0.2, 0) is 24.4 Å². The van der Waals surface area contributed by atoms with Crippen LogP contribution >= 0.6 is 0 Å². The van der Waals surface area contributed by atoms with Crippen molar-refractivity contribution in [3.8, 4) is 0 Å². The van der Waals surface area contributed by atoms with Crippen molar-refractivity contribution in [2.45, 2.75) is 71.8 Å². The monoisotopic (exact) mass is 486 g/mol. The van der Waals surface area contributed by atoms with Crippen LogP contribution in [0.4, 0.5) is 0 Å². The van der Waals surface area contributed by atoms with Crippen LogP contribution in [0.3, 0.4) is 0 Å². The van der Waals surface area contributed by atoms with E-state index in [2.05, 4.69) is 76.5 Å². The van der Waals surface area contributed by atoms with E-state index in [1.165, 1.54) is 11.1 Å². The molecule has 8 nitrogen and oxygen atoms in total. The van der Waals surface area contributed by atoms with Gasteiger partial charge < -0.3 is 9.72 Å². The summed E-state index contributed by atoms with van der Waals surface area (Å²) in [5.41, 5.74) is 5.10. The smallest absolute Gasteiger partial charge is 0.252 e. The van der Waals surface area contributed by atoms with E-state index >= 15 is 0 Å². The molecular weight excluding hydrogens is 452 g/mol. The Morgan fingerprint density at radius 1 is 1.11 bits per heavy atom. The number of nitrogens with one attached hydrogen (secondary N) is 1. The number of ether oxygens (including phenoxy) is 1. The first kappa shape index (κ1) is 24.3. The zero-order valence-corrected chi connectivity index (χ0v) is 21.3. The second kappa shape index (κ2) is 10.7. The Balaban J connectivity index is 1.50. The van der Waals surface area contributed by atoms with Crippen molar-refractivity contribution in [2.24, 2.45) is 0 Å². The van der Waals surface area contributed by atoms with Crippen molar-refractivity contribution < 1.29 is 4.74 Å². The zero-order chi connectivity index (χ0) is 25.1. The summed E-state index contributed by atoms with van der Waals surface area (Å²) >= 11 is 0. The third-order valence-corrected chi connectivity index (χ3v) is 7.04. The number of aromatic nitrogens is 5. The Morgan fingerprint density at radius 2 is 1.92 bits per heavy atom. The van der Waals surface area contributed by atoms with Gasteiger partial charge in [-0.2, -0.15) is 0 Å². The molecule has 1 aliphatic heterocycles. The minimum Gasteiger partial charge on any atom is -0.376 e. The summed E-state index contributed by atoms with van der Waals surface area (Å²) in [5, 5.41) is 13.8. The normalized spacial score (nSPS) is 16.7. The van der Waals surface area contributed by atoms with Gasteiger partial charge in [0, 0.05) is 30.8 Å². The van der Waals surface area contributed by atoms with Crippen molar-refractivity contribution in [1.82, 2.24) is 30.1 Å². The van der Waals surface area contributed by atoms with Crippen molar-refractivity contribution in [3.05, 3.63) is 87.0 Å². The Morgan fingerprint density at radius 3 is 2.67 bits per heavy atom. The van der Waals surface area contributed by atoms with Crippen LogP contribution in [0.2, 0.25) is 0 Å². The molecule has 0 radical (unpaired) electrons. The molecule has 2 aromatic heterocycles. The fourth-order valence-electron chi connectivity index (χ4n) is 5.08. The maximum atomic E-state index is 13.1. The second-order valence-electron chi connectivity index (χ2n) is 9.88. The van der Waals surface area contributed by atoms with Gasteiger partial charge in [-0.05, 0) is 72.7 Å².